The molecule has 0 spiro atoms. The molecule has 0 bridgehead atoms. The van der Waals surface area contributed by atoms with Gasteiger partial charge in [0.25, 0.3) is 0 Å². The molecule has 0 aliphatic heterocycles. The van der Waals surface area contributed by atoms with Crippen molar-refractivity contribution in [1.82, 2.24) is 14.3 Å². The Labute approximate surface area is 209 Å². The average Bonchev–Trinajstić information content (AvgIpc) is 3.37. The summed E-state index contributed by atoms with van der Waals surface area (Å²) in [6, 6.07) is 9.00. The number of hydrogen-bond acceptors (Lipinski definition) is 6. The van der Waals surface area contributed by atoms with Gasteiger partial charge in [-0.15, -0.1) is 11.3 Å². The number of thiophene rings is 1. The van der Waals surface area contributed by atoms with E-state index in [1.165, 1.54) is 20.6 Å². The van der Waals surface area contributed by atoms with Gasteiger partial charge in [0, 0.05) is 5.39 Å². The van der Waals surface area contributed by atoms with E-state index in [1.54, 1.807) is 39.0 Å². The quantitative estimate of drug-likeness (QED) is 0.287. The maximum absolute atomic E-state index is 12.8. The third kappa shape index (κ3) is 4.60. The number of nitrogens with zero attached hydrogens (tertiary/aromatic N) is 3. The monoisotopic (exact) mass is 513 g/mol. The normalized spacial score (nSPS) is 12.9. The van der Waals surface area contributed by atoms with Crippen LogP contribution in [0.1, 0.15) is 41.5 Å². The minimum atomic E-state index is -2.07. The molecule has 0 saturated carbocycles. The molecular weight excluding hydrogens is 482 g/mol. The van der Waals surface area contributed by atoms with Crippen LogP contribution in [-0.4, -0.2) is 45.6 Å². The van der Waals surface area contributed by atoms with Crippen LogP contribution in [0.15, 0.2) is 35.7 Å². The minimum Gasteiger partial charge on any atom is -0.543 e. The van der Waals surface area contributed by atoms with Crippen LogP contribution < -0.4 is 4.43 Å². The van der Waals surface area contributed by atoms with E-state index < -0.39 is 26.1 Å². The van der Waals surface area contributed by atoms with Crippen molar-refractivity contribution in [3.05, 3.63) is 35.7 Å². The maximum atomic E-state index is 12.8. The van der Waals surface area contributed by atoms with E-state index >= 15 is 0 Å². The zero-order valence-corrected chi connectivity index (χ0v) is 23.1. The molecule has 186 valence electrons. The van der Waals surface area contributed by atoms with Crippen molar-refractivity contribution in [3.63, 3.8) is 0 Å². The van der Waals surface area contributed by atoms with Crippen molar-refractivity contribution in [2.45, 2.75) is 65.3 Å². The molecule has 1 N–H and O–H groups in total. The molecule has 0 atom stereocenters. The predicted molar refractivity (Wildman–Crippen MR) is 141 cm³/mol. The summed E-state index contributed by atoms with van der Waals surface area (Å²) < 4.78 is 15.0. The van der Waals surface area contributed by atoms with Crippen LogP contribution in [0.4, 0.5) is 9.59 Å². The molecule has 10 heteroatoms. The molecule has 4 rings (SSSR count). The van der Waals surface area contributed by atoms with E-state index in [1.807, 2.05) is 17.5 Å². The summed E-state index contributed by atoms with van der Waals surface area (Å²) in [5.41, 5.74) is 1.19. The molecular formula is C25H31N3O5SSi. The molecule has 4 aromatic rings. The number of fused-ring (bicyclic) bond motifs is 2. The Morgan fingerprint density at radius 2 is 1.71 bits per heavy atom. The SMILES string of the molecule is CC(C)(C)OC(=O)n1nc(-c2cc3cc(O[Si](C)(C)C(C)(C)C)ccc3n2C(=O)O)c2sccc21. The smallest absolute Gasteiger partial charge is 0.435 e. The van der Waals surface area contributed by atoms with Crippen LogP contribution in [0.3, 0.4) is 0 Å². The van der Waals surface area contributed by atoms with Crippen LogP contribution >= 0.6 is 11.3 Å². The molecule has 1 aromatic carbocycles. The molecule has 0 aliphatic carbocycles. The molecule has 3 heterocycles. The van der Waals surface area contributed by atoms with E-state index in [0.29, 0.717) is 32.9 Å². The highest BCUT2D eigenvalue weighted by atomic mass is 32.1. The van der Waals surface area contributed by atoms with E-state index in [4.69, 9.17) is 9.16 Å². The third-order valence-electron chi connectivity index (χ3n) is 6.24. The van der Waals surface area contributed by atoms with Crippen molar-refractivity contribution in [3.8, 4) is 17.1 Å². The first kappa shape index (κ1) is 25.0. The molecule has 0 amide bonds. The van der Waals surface area contributed by atoms with Gasteiger partial charge in [-0.25, -0.2) is 14.2 Å². The van der Waals surface area contributed by atoms with Crippen LogP contribution in [0.5, 0.6) is 5.75 Å². The van der Waals surface area contributed by atoms with Gasteiger partial charge >= 0.3 is 12.2 Å². The fourth-order valence-electron chi connectivity index (χ4n) is 3.54. The van der Waals surface area contributed by atoms with Crippen LogP contribution in [-0.2, 0) is 4.74 Å². The van der Waals surface area contributed by atoms with Crippen molar-refractivity contribution >= 4 is 53.0 Å². The fraction of sp³-hybridized carbons (Fsp3) is 0.400. The maximum Gasteiger partial charge on any atom is 0.435 e. The number of benzene rings is 1. The predicted octanol–water partition coefficient (Wildman–Crippen LogP) is 7.41. The molecule has 0 fully saturated rings. The molecule has 0 radical (unpaired) electrons. The van der Waals surface area contributed by atoms with E-state index in [0.717, 1.165) is 5.39 Å². The Balaban J connectivity index is 1.86. The van der Waals surface area contributed by atoms with Gasteiger partial charge < -0.3 is 14.3 Å². The highest BCUT2D eigenvalue weighted by Crippen LogP contribution is 2.40. The zero-order chi connectivity index (χ0) is 25.9. The van der Waals surface area contributed by atoms with Crippen LogP contribution in [0, 0.1) is 0 Å². The molecule has 8 nitrogen and oxygen atoms in total. The number of carbonyl (C=O) groups excluding carboxylic acids is 1. The Bertz CT molecular complexity index is 1450. The number of rotatable bonds is 3. The molecule has 0 saturated heterocycles. The Morgan fingerprint density at radius 1 is 1.03 bits per heavy atom. The van der Waals surface area contributed by atoms with Crippen LogP contribution in [0.2, 0.25) is 18.1 Å². The Morgan fingerprint density at radius 3 is 2.31 bits per heavy atom. The van der Waals surface area contributed by atoms with Gasteiger partial charge in [0.15, 0.2) is 0 Å². The van der Waals surface area contributed by atoms with Crippen molar-refractivity contribution < 1.29 is 23.9 Å². The second-order valence-electron chi connectivity index (χ2n) is 11.1. The lowest BCUT2D eigenvalue weighted by atomic mass is 10.2. The number of hydrogen-bond donors (Lipinski definition) is 1. The lowest BCUT2D eigenvalue weighted by Crippen LogP contribution is -2.43. The lowest BCUT2D eigenvalue weighted by molar-refractivity contribution is 0.0523. The minimum absolute atomic E-state index is 0.0272. The van der Waals surface area contributed by atoms with Crippen molar-refractivity contribution in [1.29, 1.82) is 0 Å². The fourth-order valence-corrected chi connectivity index (χ4v) is 5.43. The first-order chi connectivity index (χ1) is 16.1. The number of carbonyl (C=O) groups is 2. The molecule has 35 heavy (non-hydrogen) atoms. The average molecular weight is 514 g/mol. The number of carboxylic acid groups (broad SMARTS) is 1. The third-order valence-corrected chi connectivity index (χ3v) is 11.5. The van der Waals surface area contributed by atoms with Gasteiger partial charge in [-0.3, -0.25) is 0 Å². The van der Waals surface area contributed by atoms with E-state index in [2.05, 4.69) is 39.0 Å². The topological polar surface area (TPSA) is 95.6 Å². The summed E-state index contributed by atoms with van der Waals surface area (Å²) in [5, 5.41) is 17.2. The Hall–Kier alpha value is -3.11. The highest BCUT2D eigenvalue weighted by molar-refractivity contribution is 7.17. The standard InChI is InChI=1S/C25H31N3O5SSi/c1-24(2,3)32-23(31)28-18-11-12-34-21(18)20(26-28)19-14-15-13-16(33-35(7,8)25(4,5)6)9-10-17(15)27(19)22(29)30/h9-14H,1-8H3,(H,29,30). The first-order valence-electron chi connectivity index (χ1n) is 11.4. The molecule has 0 aliphatic rings. The van der Waals surface area contributed by atoms with Gasteiger partial charge in [0.2, 0.25) is 8.32 Å². The van der Waals surface area contributed by atoms with Gasteiger partial charge in [0.05, 0.1) is 21.4 Å². The summed E-state index contributed by atoms with van der Waals surface area (Å²) in [5.74, 6) is 0.707. The lowest BCUT2D eigenvalue weighted by Gasteiger charge is -2.36. The largest absolute Gasteiger partial charge is 0.543 e. The van der Waals surface area contributed by atoms with Crippen molar-refractivity contribution in [2.75, 3.05) is 0 Å². The van der Waals surface area contributed by atoms with E-state index in [-0.39, 0.29) is 5.04 Å². The van der Waals surface area contributed by atoms with Crippen molar-refractivity contribution in [2.24, 2.45) is 0 Å². The summed E-state index contributed by atoms with van der Waals surface area (Å²) in [4.78, 5) is 25.1. The highest BCUT2D eigenvalue weighted by Gasteiger charge is 2.39. The second-order valence-corrected chi connectivity index (χ2v) is 16.7. The van der Waals surface area contributed by atoms with Gasteiger partial charge in [0.1, 0.15) is 17.0 Å². The van der Waals surface area contributed by atoms with Gasteiger partial charge in [-0.1, -0.05) is 20.8 Å². The second kappa shape index (κ2) is 8.23. The summed E-state index contributed by atoms with van der Waals surface area (Å²) >= 11 is 1.39. The molecule has 0 unspecified atom stereocenters. The summed E-state index contributed by atoms with van der Waals surface area (Å²) in [7, 11) is -2.07. The van der Waals surface area contributed by atoms with E-state index in [9.17, 15) is 14.7 Å². The molecule has 3 aromatic heterocycles. The van der Waals surface area contributed by atoms with Gasteiger partial charge in [-0.2, -0.15) is 9.78 Å². The number of ether oxygens (including phenoxy) is 1. The summed E-state index contributed by atoms with van der Waals surface area (Å²) in [6.07, 6.45) is -1.75. The summed E-state index contributed by atoms with van der Waals surface area (Å²) in [6.45, 7) is 16.2. The Kier molecular flexibility index (Phi) is 5.88. The number of aromatic nitrogens is 3. The van der Waals surface area contributed by atoms with Crippen LogP contribution in [0.25, 0.3) is 32.5 Å². The zero-order valence-electron chi connectivity index (χ0n) is 21.3. The first-order valence-corrected chi connectivity index (χ1v) is 15.2. The van der Waals surface area contributed by atoms with Gasteiger partial charge in [-0.05, 0) is 74.6 Å².